The fraction of sp³-hybridized carbons (Fsp3) is 0.433. The van der Waals surface area contributed by atoms with Crippen LogP contribution in [0.4, 0.5) is 11.4 Å². The van der Waals surface area contributed by atoms with E-state index in [4.69, 9.17) is 0 Å². The number of aromatic nitrogens is 1. The molecule has 1 aromatic heterocycles. The highest BCUT2D eigenvalue weighted by Gasteiger charge is 2.69. The second kappa shape index (κ2) is 8.85. The van der Waals surface area contributed by atoms with E-state index in [1.807, 2.05) is 31.2 Å². The normalized spacial score (nSPS) is 30.9. The van der Waals surface area contributed by atoms with Crippen LogP contribution < -0.4 is 14.7 Å². The van der Waals surface area contributed by atoms with Crippen molar-refractivity contribution >= 4 is 46.3 Å². The Hall–Kier alpha value is -2.84. The molecule has 3 fully saturated rings. The smallest absolute Gasteiger partial charge is 0.305 e. The van der Waals surface area contributed by atoms with Crippen LogP contribution in [0.1, 0.15) is 42.2 Å². The first kappa shape index (κ1) is 24.2. The van der Waals surface area contributed by atoms with Crippen LogP contribution in [0.2, 0.25) is 0 Å². The highest BCUT2D eigenvalue weighted by Crippen LogP contribution is 2.68. The molecule has 6 nitrogen and oxygen atoms in total. The Morgan fingerprint density at radius 3 is 2.24 bits per heavy atom. The molecule has 2 aromatic carbocycles. The van der Waals surface area contributed by atoms with Crippen molar-refractivity contribution in [2.45, 2.75) is 43.4 Å². The monoisotopic (exact) mass is 545 g/mol. The topological polar surface area (TPSA) is 73.5 Å². The summed E-state index contributed by atoms with van der Waals surface area (Å²) in [4.78, 5) is 48.1. The van der Waals surface area contributed by atoms with Gasteiger partial charge in [-0.2, -0.15) is 0 Å². The van der Waals surface area contributed by atoms with Gasteiger partial charge in [-0.05, 0) is 74.8 Å². The van der Waals surface area contributed by atoms with E-state index in [-0.39, 0.29) is 57.4 Å². The van der Waals surface area contributed by atoms with E-state index in [9.17, 15) is 14.4 Å². The Morgan fingerprint density at radius 2 is 1.58 bits per heavy atom. The molecule has 2 aliphatic carbocycles. The second-order valence-electron chi connectivity index (χ2n) is 11.1. The Morgan fingerprint density at radius 1 is 0.921 bits per heavy atom. The number of benzene rings is 2. The van der Waals surface area contributed by atoms with Crippen molar-refractivity contribution in [3.63, 3.8) is 0 Å². The van der Waals surface area contributed by atoms with Gasteiger partial charge in [0.2, 0.25) is 11.8 Å². The molecule has 2 saturated carbocycles. The van der Waals surface area contributed by atoms with E-state index >= 15 is 0 Å². The number of nitrogens with zero attached hydrogens (tertiary/aromatic N) is 2. The Balaban J connectivity index is 1.28. The summed E-state index contributed by atoms with van der Waals surface area (Å²) < 4.78 is 0. The van der Waals surface area contributed by atoms with Gasteiger partial charge in [0.1, 0.15) is 0 Å². The largest absolute Gasteiger partial charge is 0.372 e. The summed E-state index contributed by atoms with van der Waals surface area (Å²) in [6, 6.07) is 16.5. The first-order valence-electron chi connectivity index (χ1n) is 13.6. The third-order valence-corrected chi connectivity index (χ3v) is 12.0. The first-order chi connectivity index (χ1) is 18.4. The maximum Gasteiger partial charge on any atom is 0.305 e. The molecule has 8 heteroatoms. The lowest BCUT2D eigenvalue weighted by atomic mass is 9.68. The second-order valence-corrected chi connectivity index (χ2v) is 13.3. The van der Waals surface area contributed by atoms with Gasteiger partial charge < -0.3 is 9.88 Å². The number of hydrogen-bond acceptors (Lipinski definition) is 6. The number of imide groups is 1. The highest BCUT2D eigenvalue weighted by atomic mass is 32.2. The average Bonchev–Trinajstić information content (AvgIpc) is 3.65. The van der Waals surface area contributed by atoms with E-state index in [0.717, 1.165) is 35.0 Å². The molecule has 2 aliphatic heterocycles. The summed E-state index contributed by atoms with van der Waals surface area (Å²) in [6.45, 7) is 8.23. The lowest BCUT2D eigenvalue weighted by Crippen LogP contribution is -2.42. The number of nitrogens with one attached hydrogen (secondary N) is 1. The van der Waals surface area contributed by atoms with Gasteiger partial charge in [-0.25, -0.2) is 0 Å². The van der Waals surface area contributed by atoms with Crippen LogP contribution in [0.3, 0.4) is 0 Å². The van der Waals surface area contributed by atoms with Crippen LogP contribution in [0.5, 0.6) is 0 Å². The summed E-state index contributed by atoms with van der Waals surface area (Å²) in [7, 11) is 0. The molecule has 3 heterocycles. The number of amides is 2. The van der Waals surface area contributed by atoms with E-state index in [1.54, 1.807) is 11.8 Å². The Kier molecular flexibility index (Phi) is 5.64. The van der Waals surface area contributed by atoms with Crippen molar-refractivity contribution < 1.29 is 9.59 Å². The molecule has 5 unspecified atom stereocenters. The standard InChI is InChI=1S/C30H31N3O3S2/c1-4-32(5-2)17-12-8-16(9-13-17)21-22-19-14-20(25(22)37-27-26(21)38-30(36)31-27)24-23(19)28(34)33(29(24)35)18-10-6-15(3)7-11-18/h6-13,19-25H,4-5,14H2,1-3H3,(H,31,36)/t19-,20-,21?,22?,23?,24?,25?/m1/s1. The molecule has 1 N–H and O–H groups in total. The molecule has 1 saturated heterocycles. The van der Waals surface area contributed by atoms with Crippen molar-refractivity contribution in [1.82, 2.24) is 4.98 Å². The summed E-state index contributed by atoms with van der Waals surface area (Å²) in [5.74, 6) is -0.0698. The van der Waals surface area contributed by atoms with Gasteiger partial charge in [-0.15, -0.1) is 11.8 Å². The number of rotatable bonds is 5. The number of anilines is 2. The molecule has 38 heavy (non-hydrogen) atoms. The van der Waals surface area contributed by atoms with Crippen LogP contribution in [0.15, 0.2) is 58.4 Å². The fourth-order valence-corrected chi connectivity index (χ4v) is 10.7. The summed E-state index contributed by atoms with van der Waals surface area (Å²) in [5.41, 5.74) is 4.18. The third-order valence-electron chi connectivity index (χ3n) is 9.40. The first-order valence-corrected chi connectivity index (χ1v) is 15.3. The van der Waals surface area contributed by atoms with Gasteiger partial charge in [-0.1, -0.05) is 41.2 Å². The number of aryl methyl sites for hydroxylation is 1. The van der Waals surface area contributed by atoms with Crippen molar-refractivity contribution in [2.75, 3.05) is 22.9 Å². The van der Waals surface area contributed by atoms with E-state index in [1.165, 1.54) is 27.5 Å². The number of fused-ring (bicyclic) bond motifs is 9. The molecule has 2 bridgehead atoms. The zero-order valence-corrected chi connectivity index (χ0v) is 23.4. The quantitative estimate of drug-likeness (QED) is 0.443. The van der Waals surface area contributed by atoms with Crippen LogP contribution in [-0.2, 0) is 9.59 Å². The Labute approximate surface area is 230 Å². The third kappa shape index (κ3) is 3.35. The van der Waals surface area contributed by atoms with Gasteiger partial charge in [0.25, 0.3) is 0 Å². The molecular weight excluding hydrogens is 514 g/mol. The molecule has 3 aromatic rings. The molecule has 0 radical (unpaired) electrons. The molecule has 0 spiro atoms. The van der Waals surface area contributed by atoms with Crippen molar-refractivity contribution in [3.8, 4) is 0 Å². The lowest BCUT2D eigenvalue weighted by molar-refractivity contribution is -0.123. The van der Waals surface area contributed by atoms with Gasteiger partial charge in [0, 0.05) is 34.8 Å². The lowest BCUT2D eigenvalue weighted by Gasteiger charge is -2.43. The number of carbonyl (C=O) groups is 2. The van der Waals surface area contributed by atoms with Gasteiger partial charge in [-0.3, -0.25) is 19.3 Å². The molecule has 2 amide bonds. The minimum absolute atomic E-state index is 0.0301. The number of H-pyrrole nitrogens is 1. The van der Waals surface area contributed by atoms with Gasteiger partial charge in [0.15, 0.2) is 0 Å². The minimum Gasteiger partial charge on any atom is -0.372 e. The van der Waals surface area contributed by atoms with E-state index in [0.29, 0.717) is 5.69 Å². The van der Waals surface area contributed by atoms with Crippen LogP contribution in [-0.4, -0.2) is 35.1 Å². The molecule has 7 rings (SSSR count). The number of aromatic amines is 1. The van der Waals surface area contributed by atoms with Crippen LogP contribution >= 0.6 is 23.1 Å². The zero-order valence-electron chi connectivity index (χ0n) is 21.7. The number of thiazole rings is 1. The van der Waals surface area contributed by atoms with E-state index in [2.05, 4.69) is 48.0 Å². The van der Waals surface area contributed by atoms with Gasteiger partial charge in [0.05, 0.1) is 22.5 Å². The summed E-state index contributed by atoms with van der Waals surface area (Å²) in [6.07, 6.45) is 0.907. The summed E-state index contributed by atoms with van der Waals surface area (Å²) in [5, 5.41) is 1.16. The predicted molar refractivity (Wildman–Crippen MR) is 152 cm³/mol. The average molecular weight is 546 g/mol. The van der Waals surface area contributed by atoms with Crippen molar-refractivity contribution in [1.29, 1.82) is 0 Å². The zero-order chi connectivity index (χ0) is 26.3. The molecule has 196 valence electrons. The van der Waals surface area contributed by atoms with Gasteiger partial charge >= 0.3 is 4.87 Å². The number of hydrogen-bond donors (Lipinski definition) is 1. The Bertz CT molecular complexity index is 1470. The number of carbonyl (C=O) groups excluding carboxylic acids is 2. The molecular formula is C30H31N3O3S2. The number of thioether (sulfide) groups is 1. The predicted octanol–water partition coefficient (Wildman–Crippen LogP) is 5.27. The van der Waals surface area contributed by atoms with Crippen LogP contribution in [0, 0.1) is 36.5 Å². The van der Waals surface area contributed by atoms with E-state index < -0.39 is 0 Å². The molecule has 4 aliphatic rings. The maximum absolute atomic E-state index is 13.9. The minimum atomic E-state index is -0.273. The highest BCUT2D eigenvalue weighted by molar-refractivity contribution is 8.00. The SMILES string of the molecule is CCN(CC)c1ccc(C2c3sc(=O)[nH]c3SC3C2[C@H]2C[C@@H]3C3C(=O)N(c4ccc(C)cc4)C(=O)C32)cc1. The van der Waals surface area contributed by atoms with Crippen LogP contribution in [0.25, 0.3) is 0 Å². The summed E-state index contributed by atoms with van der Waals surface area (Å²) >= 11 is 3.05. The van der Waals surface area contributed by atoms with Crippen molar-refractivity contribution in [2.24, 2.45) is 29.6 Å². The fourth-order valence-electron chi connectivity index (χ4n) is 7.82. The maximum atomic E-state index is 13.9. The van der Waals surface area contributed by atoms with Crippen molar-refractivity contribution in [3.05, 3.63) is 74.2 Å². The molecule has 7 atom stereocenters.